The summed E-state index contributed by atoms with van der Waals surface area (Å²) >= 11 is 0. The Morgan fingerprint density at radius 2 is 1.85 bits per heavy atom. The van der Waals surface area contributed by atoms with Gasteiger partial charge in [-0.05, 0) is 17.7 Å². The molecule has 0 aromatic heterocycles. The van der Waals surface area contributed by atoms with E-state index < -0.39 is 12.1 Å². The van der Waals surface area contributed by atoms with Gasteiger partial charge in [-0.1, -0.05) is 12.1 Å². The minimum atomic E-state index is -4.92. The number of carbonyl (C=O) groups is 2. The highest BCUT2D eigenvalue weighted by Crippen LogP contribution is 2.19. The molecule has 0 saturated heterocycles. The number of anilines is 1. The molecule has 5 nitrogen and oxygen atoms in total. The summed E-state index contributed by atoms with van der Waals surface area (Å²) in [6, 6.07) is 5.75. The third kappa shape index (κ3) is 3.34. The zero-order chi connectivity index (χ0) is 14.8. The van der Waals surface area contributed by atoms with E-state index in [4.69, 9.17) is 0 Å². The van der Waals surface area contributed by atoms with Gasteiger partial charge in [0.25, 0.3) is 0 Å². The molecule has 0 unspecified atom stereocenters. The third-order valence-electron chi connectivity index (χ3n) is 2.64. The molecule has 0 saturated carbocycles. The molecule has 0 aliphatic carbocycles. The molecule has 0 spiro atoms. The number of hydrazone groups is 1. The number of benzene rings is 1. The Labute approximate surface area is 111 Å². The summed E-state index contributed by atoms with van der Waals surface area (Å²) in [6.07, 6.45) is -4.15. The van der Waals surface area contributed by atoms with Crippen LogP contribution < -0.4 is 10.7 Å². The van der Waals surface area contributed by atoms with Crippen LogP contribution >= 0.6 is 0 Å². The summed E-state index contributed by atoms with van der Waals surface area (Å²) in [6.45, 7) is 0. The van der Waals surface area contributed by atoms with Gasteiger partial charge in [0.2, 0.25) is 5.91 Å². The van der Waals surface area contributed by atoms with E-state index >= 15 is 0 Å². The van der Waals surface area contributed by atoms with Gasteiger partial charge in [-0.15, -0.1) is 0 Å². The van der Waals surface area contributed by atoms with Gasteiger partial charge in [0, 0.05) is 18.5 Å². The minimum Gasteiger partial charge on any atom is -0.318 e. The van der Waals surface area contributed by atoms with Gasteiger partial charge in [-0.3, -0.25) is 9.59 Å². The molecule has 2 N–H and O–H groups in total. The van der Waals surface area contributed by atoms with Crippen LogP contribution in [0.4, 0.5) is 18.9 Å². The zero-order valence-electron chi connectivity index (χ0n) is 10.1. The Balaban J connectivity index is 2.07. The molecule has 0 atom stereocenters. The Morgan fingerprint density at radius 1 is 1.20 bits per heavy atom. The lowest BCUT2D eigenvalue weighted by Gasteiger charge is -2.13. The number of hydrogen-bond acceptors (Lipinski definition) is 3. The second-order valence-corrected chi connectivity index (χ2v) is 4.12. The van der Waals surface area contributed by atoms with E-state index in [0.717, 1.165) is 0 Å². The second-order valence-electron chi connectivity index (χ2n) is 4.12. The van der Waals surface area contributed by atoms with Crippen molar-refractivity contribution in [3.8, 4) is 0 Å². The number of nitrogens with zero attached hydrogens (tertiary/aromatic N) is 1. The SMILES string of the molecule is O=C1CCC(c2ccc(NC(=O)C(F)(F)F)cc2)=NN1. The van der Waals surface area contributed by atoms with Crippen LogP contribution in [0.2, 0.25) is 0 Å². The van der Waals surface area contributed by atoms with E-state index in [0.29, 0.717) is 24.1 Å². The van der Waals surface area contributed by atoms with Crippen molar-refractivity contribution >= 4 is 23.2 Å². The quantitative estimate of drug-likeness (QED) is 0.869. The first kappa shape index (κ1) is 14.0. The van der Waals surface area contributed by atoms with E-state index in [1.54, 1.807) is 5.32 Å². The van der Waals surface area contributed by atoms with Gasteiger partial charge in [0.05, 0.1) is 5.71 Å². The average molecular weight is 285 g/mol. The van der Waals surface area contributed by atoms with E-state index in [1.165, 1.54) is 24.3 Å². The van der Waals surface area contributed by atoms with Crippen LogP contribution in [0.3, 0.4) is 0 Å². The van der Waals surface area contributed by atoms with E-state index in [2.05, 4.69) is 10.5 Å². The largest absolute Gasteiger partial charge is 0.471 e. The van der Waals surface area contributed by atoms with Crippen LogP contribution in [-0.4, -0.2) is 23.7 Å². The summed E-state index contributed by atoms with van der Waals surface area (Å²) < 4.78 is 36.2. The molecule has 1 aromatic carbocycles. The summed E-state index contributed by atoms with van der Waals surface area (Å²) in [5.74, 6) is -2.20. The lowest BCUT2D eigenvalue weighted by Crippen LogP contribution is -2.30. The topological polar surface area (TPSA) is 70.6 Å². The van der Waals surface area contributed by atoms with Crippen LogP contribution in [0.25, 0.3) is 0 Å². The maximum absolute atomic E-state index is 12.1. The molecule has 1 aliphatic rings. The van der Waals surface area contributed by atoms with Crippen molar-refractivity contribution in [1.82, 2.24) is 5.43 Å². The van der Waals surface area contributed by atoms with Crippen molar-refractivity contribution < 1.29 is 22.8 Å². The number of hydrogen-bond donors (Lipinski definition) is 2. The Bertz CT molecular complexity index is 564. The molecule has 1 aromatic rings. The van der Waals surface area contributed by atoms with Gasteiger partial charge in [-0.25, -0.2) is 5.43 Å². The fourth-order valence-electron chi connectivity index (χ4n) is 1.63. The van der Waals surface area contributed by atoms with Crippen molar-refractivity contribution in [3.05, 3.63) is 29.8 Å². The zero-order valence-corrected chi connectivity index (χ0v) is 10.1. The molecular weight excluding hydrogens is 275 g/mol. The first-order valence-electron chi connectivity index (χ1n) is 5.70. The van der Waals surface area contributed by atoms with Crippen LogP contribution in [-0.2, 0) is 9.59 Å². The number of nitrogens with one attached hydrogen (secondary N) is 2. The fourth-order valence-corrected chi connectivity index (χ4v) is 1.63. The highest BCUT2D eigenvalue weighted by Gasteiger charge is 2.38. The maximum Gasteiger partial charge on any atom is 0.471 e. The van der Waals surface area contributed by atoms with E-state index in [9.17, 15) is 22.8 Å². The van der Waals surface area contributed by atoms with Crippen molar-refractivity contribution in [2.45, 2.75) is 19.0 Å². The highest BCUT2D eigenvalue weighted by atomic mass is 19.4. The fraction of sp³-hybridized carbons (Fsp3) is 0.250. The van der Waals surface area contributed by atoms with Crippen LogP contribution in [0.15, 0.2) is 29.4 Å². The van der Waals surface area contributed by atoms with Gasteiger partial charge in [-0.2, -0.15) is 18.3 Å². The molecule has 1 heterocycles. The summed E-state index contributed by atoms with van der Waals surface area (Å²) in [5, 5.41) is 5.61. The van der Waals surface area contributed by atoms with Crippen LogP contribution in [0.1, 0.15) is 18.4 Å². The summed E-state index contributed by atoms with van der Waals surface area (Å²) in [7, 11) is 0. The molecule has 2 amide bonds. The van der Waals surface area contributed by atoms with Gasteiger partial charge in [0.15, 0.2) is 0 Å². The third-order valence-corrected chi connectivity index (χ3v) is 2.64. The molecule has 0 fully saturated rings. The molecule has 8 heteroatoms. The number of carbonyl (C=O) groups excluding carboxylic acids is 2. The van der Waals surface area contributed by atoms with Gasteiger partial charge >= 0.3 is 12.1 Å². The first-order chi connectivity index (χ1) is 9.36. The number of alkyl halides is 3. The first-order valence-corrected chi connectivity index (χ1v) is 5.70. The Morgan fingerprint density at radius 3 is 2.35 bits per heavy atom. The Kier molecular flexibility index (Phi) is 3.73. The van der Waals surface area contributed by atoms with E-state index in [-0.39, 0.29) is 11.6 Å². The minimum absolute atomic E-state index is 0.0384. The molecule has 2 rings (SSSR count). The lowest BCUT2D eigenvalue weighted by atomic mass is 10.0. The standard InChI is InChI=1S/C12H10F3N3O2/c13-12(14,15)11(20)16-8-3-1-7(2-4-8)9-5-6-10(19)18-17-9/h1-4H,5-6H2,(H,16,20)(H,18,19). The molecular formula is C12H10F3N3O2. The van der Waals surface area contributed by atoms with E-state index in [1.807, 2.05) is 0 Å². The smallest absolute Gasteiger partial charge is 0.318 e. The normalized spacial score (nSPS) is 15.3. The highest BCUT2D eigenvalue weighted by molar-refractivity contribution is 6.04. The van der Waals surface area contributed by atoms with Crippen LogP contribution in [0.5, 0.6) is 0 Å². The predicted molar refractivity (Wildman–Crippen MR) is 65.0 cm³/mol. The van der Waals surface area contributed by atoms with Crippen molar-refractivity contribution in [3.63, 3.8) is 0 Å². The molecule has 1 aliphatic heterocycles. The summed E-state index contributed by atoms with van der Waals surface area (Å²) in [4.78, 5) is 21.7. The van der Waals surface area contributed by atoms with Crippen molar-refractivity contribution in [1.29, 1.82) is 0 Å². The number of halogens is 3. The predicted octanol–water partition coefficient (Wildman–Crippen LogP) is 1.80. The van der Waals surface area contributed by atoms with Gasteiger partial charge in [0.1, 0.15) is 0 Å². The van der Waals surface area contributed by atoms with Crippen molar-refractivity contribution in [2.24, 2.45) is 5.10 Å². The molecule has 0 bridgehead atoms. The van der Waals surface area contributed by atoms with Crippen molar-refractivity contribution in [2.75, 3.05) is 5.32 Å². The molecule has 106 valence electrons. The second kappa shape index (κ2) is 5.32. The average Bonchev–Trinajstić information content (AvgIpc) is 2.39. The van der Waals surface area contributed by atoms with Crippen LogP contribution in [0, 0.1) is 0 Å². The maximum atomic E-state index is 12.1. The number of amides is 2. The molecule has 0 radical (unpaired) electrons. The molecule has 20 heavy (non-hydrogen) atoms. The Hall–Kier alpha value is -2.38. The lowest BCUT2D eigenvalue weighted by molar-refractivity contribution is -0.167. The number of rotatable bonds is 2. The van der Waals surface area contributed by atoms with Gasteiger partial charge < -0.3 is 5.32 Å². The monoisotopic (exact) mass is 285 g/mol. The summed E-state index contributed by atoms with van der Waals surface area (Å²) in [5.41, 5.74) is 3.68.